The van der Waals surface area contributed by atoms with E-state index in [1.165, 1.54) is 4.80 Å². The summed E-state index contributed by atoms with van der Waals surface area (Å²) in [4.78, 5) is 16.0. The molecule has 2 aliphatic heterocycles. The summed E-state index contributed by atoms with van der Waals surface area (Å²) < 4.78 is 21.3. The third-order valence-corrected chi connectivity index (χ3v) is 4.22. The first-order valence-electron chi connectivity index (χ1n) is 8.32. The fourth-order valence-corrected chi connectivity index (χ4v) is 2.85. The van der Waals surface area contributed by atoms with Gasteiger partial charge in [-0.15, -0.1) is 10.2 Å². The number of aromatic nitrogens is 4. The lowest BCUT2D eigenvalue weighted by Gasteiger charge is -2.31. The van der Waals surface area contributed by atoms with E-state index >= 15 is 0 Å². The van der Waals surface area contributed by atoms with Gasteiger partial charge >= 0.3 is 0 Å². The van der Waals surface area contributed by atoms with E-state index in [2.05, 4.69) is 15.4 Å². The van der Waals surface area contributed by atoms with Gasteiger partial charge in [0.05, 0.1) is 26.3 Å². The normalized spacial score (nSPS) is 19.0. The van der Waals surface area contributed by atoms with E-state index in [1.807, 2.05) is 0 Å². The Kier molecular flexibility index (Phi) is 4.67. The van der Waals surface area contributed by atoms with E-state index < -0.39 is 6.10 Å². The maximum absolute atomic E-state index is 12.8. The Hall–Kier alpha value is -2.72. The number of carbonyl (C=O) groups is 1. The number of benzene rings is 1. The molecule has 1 unspecified atom stereocenters. The summed E-state index contributed by atoms with van der Waals surface area (Å²) >= 11 is 0. The number of ether oxygens (including phenoxy) is 4. The van der Waals surface area contributed by atoms with E-state index in [4.69, 9.17) is 18.9 Å². The number of rotatable bonds is 5. The van der Waals surface area contributed by atoms with Crippen LogP contribution < -0.4 is 9.47 Å². The lowest BCUT2D eigenvalue weighted by atomic mass is 10.1. The standard InChI is InChI=1S/C16H19N5O5/c1-23-6-5-21-18-15(17-19-21)14-9-20(4-7-24-14)16(22)11-2-3-12-13(8-11)26-10-25-12/h2-3,8,14H,4-7,9-10H2,1H3. The second kappa shape index (κ2) is 7.26. The first-order valence-corrected chi connectivity index (χ1v) is 8.32. The van der Waals surface area contributed by atoms with E-state index in [9.17, 15) is 4.79 Å². The van der Waals surface area contributed by atoms with E-state index in [0.29, 0.717) is 55.7 Å². The summed E-state index contributed by atoms with van der Waals surface area (Å²) in [7, 11) is 1.61. The van der Waals surface area contributed by atoms with Gasteiger partial charge in [-0.05, 0) is 23.4 Å². The number of hydrogen-bond acceptors (Lipinski definition) is 8. The van der Waals surface area contributed by atoms with Gasteiger partial charge in [0.2, 0.25) is 12.6 Å². The summed E-state index contributed by atoms with van der Waals surface area (Å²) in [6.45, 7) is 2.46. The Morgan fingerprint density at radius 2 is 2.23 bits per heavy atom. The summed E-state index contributed by atoms with van der Waals surface area (Å²) in [5, 5.41) is 12.3. The summed E-state index contributed by atoms with van der Waals surface area (Å²) in [6.07, 6.45) is -0.405. The van der Waals surface area contributed by atoms with Crippen molar-refractivity contribution in [3.63, 3.8) is 0 Å². The van der Waals surface area contributed by atoms with Crippen LogP contribution in [0.4, 0.5) is 0 Å². The fraction of sp³-hybridized carbons (Fsp3) is 0.500. The molecule has 10 nitrogen and oxygen atoms in total. The molecule has 0 saturated carbocycles. The number of hydrogen-bond donors (Lipinski definition) is 0. The molecule has 0 radical (unpaired) electrons. The van der Waals surface area contributed by atoms with Crippen molar-refractivity contribution in [1.29, 1.82) is 0 Å². The van der Waals surface area contributed by atoms with Crippen molar-refractivity contribution in [3.8, 4) is 11.5 Å². The number of methoxy groups -OCH3 is 1. The zero-order valence-corrected chi connectivity index (χ0v) is 14.3. The highest BCUT2D eigenvalue weighted by Crippen LogP contribution is 2.33. The van der Waals surface area contributed by atoms with Crippen LogP contribution in [0.2, 0.25) is 0 Å². The Balaban J connectivity index is 1.44. The first kappa shape index (κ1) is 16.7. The summed E-state index contributed by atoms with van der Waals surface area (Å²) in [5.74, 6) is 1.61. The van der Waals surface area contributed by atoms with Crippen LogP contribution in [-0.2, 0) is 16.0 Å². The highest BCUT2D eigenvalue weighted by molar-refractivity contribution is 5.95. The predicted molar refractivity (Wildman–Crippen MR) is 86.9 cm³/mol. The lowest BCUT2D eigenvalue weighted by Crippen LogP contribution is -2.42. The quantitative estimate of drug-likeness (QED) is 0.748. The van der Waals surface area contributed by atoms with Gasteiger partial charge in [-0.3, -0.25) is 4.79 Å². The van der Waals surface area contributed by atoms with Crippen molar-refractivity contribution >= 4 is 5.91 Å². The van der Waals surface area contributed by atoms with Crippen molar-refractivity contribution in [2.45, 2.75) is 12.6 Å². The zero-order chi connectivity index (χ0) is 17.9. The van der Waals surface area contributed by atoms with Gasteiger partial charge in [-0.1, -0.05) is 0 Å². The molecule has 4 rings (SSSR count). The predicted octanol–water partition coefficient (Wildman–Crippen LogP) is 0.262. The molecular weight excluding hydrogens is 342 g/mol. The molecule has 1 atom stereocenters. The maximum atomic E-state index is 12.8. The summed E-state index contributed by atoms with van der Waals surface area (Å²) in [5.41, 5.74) is 0.548. The van der Waals surface area contributed by atoms with Crippen molar-refractivity contribution in [1.82, 2.24) is 25.1 Å². The molecule has 26 heavy (non-hydrogen) atoms. The van der Waals surface area contributed by atoms with E-state index in [0.717, 1.165) is 0 Å². The van der Waals surface area contributed by atoms with Gasteiger partial charge in [-0.2, -0.15) is 4.80 Å². The third kappa shape index (κ3) is 3.33. The van der Waals surface area contributed by atoms with Crippen molar-refractivity contribution in [2.75, 3.05) is 40.2 Å². The van der Waals surface area contributed by atoms with Crippen LogP contribution in [0.1, 0.15) is 22.3 Å². The Morgan fingerprint density at radius 3 is 3.12 bits per heavy atom. The molecule has 1 aromatic heterocycles. The molecule has 1 amide bonds. The highest BCUT2D eigenvalue weighted by atomic mass is 16.7. The number of tetrazole rings is 1. The molecule has 1 fully saturated rings. The van der Waals surface area contributed by atoms with Gasteiger partial charge in [0.25, 0.3) is 5.91 Å². The minimum Gasteiger partial charge on any atom is -0.454 e. The second-order valence-corrected chi connectivity index (χ2v) is 5.91. The van der Waals surface area contributed by atoms with Gasteiger partial charge in [0, 0.05) is 19.2 Å². The Labute approximate surface area is 149 Å². The van der Waals surface area contributed by atoms with Crippen LogP contribution in [0.5, 0.6) is 11.5 Å². The average molecular weight is 361 g/mol. The van der Waals surface area contributed by atoms with Crippen molar-refractivity contribution < 1.29 is 23.7 Å². The minimum absolute atomic E-state index is 0.0941. The molecule has 0 aliphatic carbocycles. The number of amides is 1. The molecule has 3 heterocycles. The highest BCUT2D eigenvalue weighted by Gasteiger charge is 2.29. The molecule has 1 saturated heterocycles. The van der Waals surface area contributed by atoms with Crippen LogP contribution >= 0.6 is 0 Å². The first-order chi connectivity index (χ1) is 12.7. The van der Waals surface area contributed by atoms with Gasteiger partial charge < -0.3 is 23.8 Å². The summed E-state index contributed by atoms with van der Waals surface area (Å²) in [6, 6.07) is 5.18. The molecule has 138 valence electrons. The molecule has 0 bridgehead atoms. The van der Waals surface area contributed by atoms with Crippen LogP contribution in [-0.4, -0.2) is 71.2 Å². The second-order valence-electron chi connectivity index (χ2n) is 5.91. The van der Waals surface area contributed by atoms with Crippen LogP contribution in [0.15, 0.2) is 18.2 Å². The average Bonchev–Trinajstić information content (AvgIpc) is 3.34. The van der Waals surface area contributed by atoms with Crippen LogP contribution in [0, 0.1) is 0 Å². The molecular formula is C16H19N5O5. The topological polar surface area (TPSA) is 101 Å². The zero-order valence-electron chi connectivity index (χ0n) is 14.3. The fourth-order valence-electron chi connectivity index (χ4n) is 2.85. The lowest BCUT2D eigenvalue weighted by molar-refractivity contribution is -0.0269. The molecule has 10 heteroatoms. The largest absolute Gasteiger partial charge is 0.454 e. The molecule has 1 aromatic carbocycles. The Morgan fingerprint density at radius 1 is 1.35 bits per heavy atom. The molecule has 0 N–H and O–H groups in total. The van der Waals surface area contributed by atoms with E-state index in [-0.39, 0.29) is 12.7 Å². The molecule has 2 aliphatic rings. The van der Waals surface area contributed by atoms with Crippen LogP contribution in [0.25, 0.3) is 0 Å². The van der Waals surface area contributed by atoms with Gasteiger partial charge in [0.1, 0.15) is 6.10 Å². The maximum Gasteiger partial charge on any atom is 0.254 e. The number of fused-ring (bicyclic) bond motifs is 1. The Bertz CT molecular complexity index is 795. The molecule has 2 aromatic rings. The monoisotopic (exact) mass is 361 g/mol. The minimum atomic E-state index is -0.405. The number of nitrogens with zero attached hydrogens (tertiary/aromatic N) is 5. The number of carbonyl (C=O) groups excluding carboxylic acids is 1. The smallest absolute Gasteiger partial charge is 0.254 e. The van der Waals surface area contributed by atoms with Crippen molar-refractivity contribution in [3.05, 3.63) is 29.6 Å². The van der Waals surface area contributed by atoms with Crippen LogP contribution in [0.3, 0.4) is 0 Å². The van der Waals surface area contributed by atoms with Gasteiger partial charge in [0.15, 0.2) is 11.5 Å². The molecule has 0 spiro atoms. The third-order valence-electron chi connectivity index (χ3n) is 4.22. The number of morpholine rings is 1. The van der Waals surface area contributed by atoms with Gasteiger partial charge in [-0.25, -0.2) is 0 Å². The SMILES string of the molecule is COCCn1nnc(C2CN(C(=O)c3ccc4c(c3)OCO4)CCO2)n1. The van der Waals surface area contributed by atoms with E-state index in [1.54, 1.807) is 30.2 Å². The van der Waals surface area contributed by atoms with Crippen molar-refractivity contribution in [2.24, 2.45) is 0 Å².